The average Bonchev–Trinajstić information content (AvgIpc) is 3.32. The van der Waals surface area contributed by atoms with E-state index in [1.54, 1.807) is 6.07 Å². The van der Waals surface area contributed by atoms with Gasteiger partial charge in [0.05, 0.1) is 5.57 Å². The lowest BCUT2D eigenvalue weighted by Gasteiger charge is -2.30. The van der Waals surface area contributed by atoms with Crippen LogP contribution in [0.25, 0.3) is 5.57 Å². The van der Waals surface area contributed by atoms with Gasteiger partial charge in [0.1, 0.15) is 5.70 Å². The average molecular weight is 418 g/mol. The summed E-state index contributed by atoms with van der Waals surface area (Å²) in [5.41, 5.74) is 4.37. The van der Waals surface area contributed by atoms with Crippen LogP contribution in [-0.4, -0.2) is 29.5 Å². The number of anilines is 1. The normalized spacial score (nSPS) is 18.8. The molecule has 31 heavy (non-hydrogen) atoms. The topological polar surface area (TPSA) is 67.9 Å². The maximum Gasteiger partial charge on any atom is 0.278 e. The quantitative estimate of drug-likeness (QED) is 0.738. The van der Waals surface area contributed by atoms with Gasteiger partial charge in [0.25, 0.3) is 11.8 Å². The second kappa shape index (κ2) is 7.76. The molecule has 1 fully saturated rings. The molecule has 0 bridgehead atoms. The minimum atomic E-state index is -0.246. The summed E-state index contributed by atoms with van der Waals surface area (Å²) in [7, 11) is 0. The Morgan fingerprint density at radius 3 is 2.45 bits per heavy atom. The summed E-state index contributed by atoms with van der Waals surface area (Å²) < 4.78 is 10.9. The SMILES string of the molecule is Cc1ccc(C2=C(Nc3ccc4c(c3)OCO4)C(=O)N(C3CCCCC3)C2=O)c(C)c1. The van der Waals surface area contributed by atoms with Gasteiger partial charge in [-0.3, -0.25) is 14.5 Å². The molecular weight excluding hydrogens is 392 g/mol. The van der Waals surface area contributed by atoms with Crippen molar-refractivity contribution < 1.29 is 19.1 Å². The number of amides is 2. The van der Waals surface area contributed by atoms with Gasteiger partial charge in [-0.05, 0) is 49.9 Å². The summed E-state index contributed by atoms with van der Waals surface area (Å²) in [5, 5.41) is 3.24. The van der Waals surface area contributed by atoms with E-state index in [0.717, 1.165) is 48.8 Å². The molecule has 6 nitrogen and oxygen atoms in total. The number of fused-ring (bicyclic) bond motifs is 1. The lowest BCUT2D eigenvalue weighted by atomic mass is 9.94. The Bertz CT molecular complexity index is 1100. The van der Waals surface area contributed by atoms with Gasteiger partial charge in [-0.15, -0.1) is 0 Å². The van der Waals surface area contributed by atoms with Crippen molar-refractivity contribution in [1.82, 2.24) is 4.90 Å². The number of rotatable bonds is 4. The van der Waals surface area contributed by atoms with E-state index in [0.29, 0.717) is 28.5 Å². The van der Waals surface area contributed by atoms with Crippen LogP contribution in [0.1, 0.15) is 48.8 Å². The number of imide groups is 1. The molecule has 2 aromatic rings. The van der Waals surface area contributed by atoms with Crippen molar-refractivity contribution in [2.24, 2.45) is 0 Å². The molecule has 6 heteroatoms. The highest BCUT2D eigenvalue weighted by molar-refractivity contribution is 6.37. The Balaban J connectivity index is 1.57. The molecule has 5 rings (SSSR count). The lowest BCUT2D eigenvalue weighted by molar-refractivity contribution is -0.140. The number of aryl methyl sites for hydroxylation is 2. The van der Waals surface area contributed by atoms with E-state index in [-0.39, 0.29) is 24.6 Å². The molecule has 1 aliphatic carbocycles. The van der Waals surface area contributed by atoms with Crippen molar-refractivity contribution >= 4 is 23.1 Å². The van der Waals surface area contributed by atoms with Crippen LogP contribution < -0.4 is 14.8 Å². The minimum Gasteiger partial charge on any atom is -0.454 e. The molecule has 0 saturated heterocycles. The Morgan fingerprint density at radius 2 is 1.68 bits per heavy atom. The number of ether oxygens (including phenoxy) is 2. The fourth-order valence-electron chi connectivity index (χ4n) is 4.80. The summed E-state index contributed by atoms with van der Waals surface area (Å²) in [4.78, 5) is 28.6. The van der Waals surface area contributed by atoms with Gasteiger partial charge in [0.2, 0.25) is 6.79 Å². The third-order valence-corrected chi connectivity index (χ3v) is 6.35. The van der Waals surface area contributed by atoms with Gasteiger partial charge in [-0.2, -0.15) is 0 Å². The Kier molecular flexibility index (Phi) is 4.93. The maximum absolute atomic E-state index is 13.6. The summed E-state index contributed by atoms with van der Waals surface area (Å²) in [5.74, 6) is 0.850. The van der Waals surface area contributed by atoms with Gasteiger partial charge in [-0.25, -0.2) is 0 Å². The smallest absolute Gasteiger partial charge is 0.278 e. The summed E-state index contributed by atoms with van der Waals surface area (Å²) >= 11 is 0. The van der Waals surface area contributed by atoms with E-state index in [4.69, 9.17) is 9.47 Å². The first-order chi connectivity index (χ1) is 15.0. The number of carbonyl (C=O) groups is 2. The zero-order valence-electron chi connectivity index (χ0n) is 17.9. The predicted molar refractivity (Wildman–Crippen MR) is 118 cm³/mol. The minimum absolute atomic E-state index is 0.0365. The molecule has 0 radical (unpaired) electrons. The van der Waals surface area contributed by atoms with Gasteiger partial charge in [0.15, 0.2) is 11.5 Å². The largest absolute Gasteiger partial charge is 0.454 e. The summed E-state index contributed by atoms with van der Waals surface area (Å²) in [6.45, 7) is 4.18. The lowest BCUT2D eigenvalue weighted by Crippen LogP contribution is -2.42. The van der Waals surface area contributed by atoms with Gasteiger partial charge in [0, 0.05) is 17.8 Å². The van der Waals surface area contributed by atoms with E-state index in [9.17, 15) is 9.59 Å². The first-order valence-electron chi connectivity index (χ1n) is 10.9. The fourth-order valence-corrected chi connectivity index (χ4v) is 4.80. The molecule has 3 aliphatic rings. The Morgan fingerprint density at radius 1 is 0.903 bits per heavy atom. The highest BCUT2D eigenvalue weighted by Gasteiger charge is 2.43. The number of hydrogen-bond donors (Lipinski definition) is 1. The number of carbonyl (C=O) groups excluding carboxylic acids is 2. The van der Waals surface area contributed by atoms with Crippen molar-refractivity contribution in [2.45, 2.75) is 52.0 Å². The molecule has 1 saturated carbocycles. The monoisotopic (exact) mass is 418 g/mol. The maximum atomic E-state index is 13.6. The summed E-state index contributed by atoms with van der Waals surface area (Å²) in [6.07, 6.45) is 4.99. The Labute approximate surface area is 181 Å². The fraction of sp³-hybridized carbons (Fsp3) is 0.360. The van der Waals surface area contributed by atoms with Crippen molar-refractivity contribution in [3.05, 3.63) is 58.8 Å². The highest BCUT2D eigenvalue weighted by atomic mass is 16.7. The van der Waals surface area contributed by atoms with Gasteiger partial charge >= 0.3 is 0 Å². The van der Waals surface area contributed by atoms with Crippen molar-refractivity contribution in [1.29, 1.82) is 0 Å². The van der Waals surface area contributed by atoms with Crippen LogP contribution in [0.15, 0.2) is 42.1 Å². The van der Waals surface area contributed by atoms with Gasteiger partial charge < -0.3 is 14.8 Å². The van der Waals surface area contributed by atoms with Crippen LogP contribution in [-0.2, 0) is 9.59 Å². The first kappa shape index (κ1) is 19.7. The zero-order valence-corrected chi connectivity index (χ0v) is 17.9. The van der Waals surface area contributed by atoms with Crippen LogP contribution in [0.5, 0.6) is 11.5 Å². The van der Waals surface area contributed by atoms with Crippen LogP contribution in [0, 0.1) is 13.8 Å². The second-order valence-electron chi connectivity index (χ2n) is 8.53. The third kappa shape index (κ3) is 3.46. The molecule has 2 heterocycles. The number of nitrogens with zero attached hydrogens (tertiary/aromatic N) is 1. The molecule has 2 aromatic carbocycles. The molecule has 0 atom stereocenters. The van der Waals surface area contributed by atoms with Gasteiger partial charge in [-0.1, -0.05) is 43.0 Å². The number of hydrogen-bond acceptors (Lipinski definition) is 5. The van der Waals surface area contributed by atoms with Crippen LogP contribution in [0.2, 0.25) is 0 Å². The van der Waals surface area contributed by atoms with Crippen molar-refractivity contribution in [3.63, 3.8) is 0 Å². The second-order valence-corrected chi connectivity index (χ2v) is 8.53. The molecule has 0 aromatic heterocycles. The molecular formula is C25H26N2O4. The third-order valence-electron chi connectivity index (χ3n) is 6.35. The van der Waals surface area contributed by atoms with E-state index in [2.05, 4.69) is 5.32 Å². The molecule has 2 amide bonds. The molecule has 0 spiro atoms. The standard InChI is InChI=1S/C25H26N2O4/c1-15-8-10-19(16(2)12-15)22-23(26-17-9-11-20-21(13-17)31-14-30-20)25(29)27(24(22)28)18-6-4-3-5-7-18/h8-13,18,26H,3-7,14H2,1-2H3. The van der Waals surface area contributed by atoms with E-state index < -0.39 is 0 Å². The predicted octanol–water partition coefficient (Wildman–Crippen LogP) is 4.56. The van der Waals surface area contributed by atoms with Crippen molar-refractivity contribution in [3.8, 4) is 11.5 Å². The summed E-state index contributed by atoms with van der Waals surface area (Å²) in [6, 6.07) is 11.4. The number of benzene rings is 2. The van der Waals surface area contributed by atoms with Crippen LogP contribution >= 0.6 is 0 Å². The number of nitrogens with one attached hydrogen (secondary N) is 1. The zero-order chi connectivity index (χ0) is 21.5. The molecule has 160 valence electrons. The van der Waals surface area contributed by atoms with E-state index >= 15 is 0 Å². The molecule has 1 N–H and O–H groups in total. The van der Waals surface area contributed by atoms with E-state index in [1.165, 1.54) is 4.90 Å². The van der Waals surface area contributed by atoms with Crippen molar-refractivity contribution in [2.75, 3.05) is 12.1 Å². The molecule has 2 aliphatic heterocycles. The molecule has 0 unspecified atom stereocenters. The first-order valence-corrected chi connectivity index (χ1v) is 10.9. The van der Waals surface area contributed by atoms with E-state index in [1.807, 2.05) is 44.2 Å². The van der Waals surface area contributed by atoms with Crippen LogP contribution in [0.3, 0.4) is 0 Å². The Hall–Kier alpha value is -3.28. The highest BCUT2D eigenvalue weighted by Crippen LogP contribution is 2.38. The van der Waals surface area contributed by atoms with Crippen LogP contribution in [0.4, 0.5) is 5.69 Å².